The summed E-state index contributed by atoms with van der Waals surface area (Å²) >= 11 is 0. The van der Waals surface area contributed by atoms with Gasteiger partial charge in [0.05, 0.1) is 38.7 Å². The summed E-state index contributed by atoms with van der Waals surface area (Å²) in [5.74, 6) is 0.973. The molecule has 3 heterocycles. The fourth-order valence-electron chi connectivity index (χ4n) is 3.36. The van der Waals surface area contributed by atoms with E-state index in [1.54, 1.807) is 0 Å². The van der Waals surface area contributed by atoms with Crippen LogP contribution in [0.5, 0.6) is 0 Å². The number of ether oxygens (including phenoxy) is 3. The maximum Gasteiger partial charge on any atom is 0.129 e. The second-order valence-corrected chi connectivity index (χ2v) is 6.46. The molecule has 2 fully saturated rings. The molecule has 1 aromatic heterocycles. The van der Waals surface area contributed by atoms with Crippen molar-refractivity contribution in [1.82, 2.24) is 4.98 Å². The molecule has 0 spiro atoms. The first-order valence-electron chi connectivity index (χ1n) is 9.23. The number of hydrogen-bond donors (Lipinski definition) is 0. The predicted molar refractivity (Wildman–Crippen MR) is 104 cm³/mol. The maximum atomic E-state index is 5.90. The molecule has 0 aromatic carbocycles. The zero-order valence-electron chi connectivity index (χ0n) is 15.7. The van der Waals surface area contributed by atoms with Crippen LogP contribution in [-0.4, -0.2) is 51.1 Å². The number of hydrogen-bond acceptors (Lipinski definition) is 5. The zero-order valence-corrected chi connectivity index (χ0v) is 15.7. The van der Waals surface area contributed by atoms with E-state index in [4.69, 9.17) is 19.2 Å². The summed E-state index contributed by atoms with van der Waals surface area (Å²) < 4.78 is 17.0. The highest BCUT2D eigenvalue weighted by Gasteiger charge is 2.22. The Morgan fingerprint density at radius 1 is 1.19 bits per heavy atom. The van der Waals surface area contributed by atoms with Crippen LogP contribution in [0.25, 0.3) is 5.57 Å². The van der Waals surface area contributed by atoms with Crippen molar-refractivity contribution < 1.29 is 14.2 Å². The van der Waals surface area contributed by atoms with E-state index in [2.05, 4.69) is 43.5 Å². The van der Waals surface area contributed by atoms with Crippen LogP contribution in [0.4, 0.5) is 5.82 Å². The van der Waals surface area contributed by atoms with Crippen molar-refractivity contribution in [2.75, 3.05) is 51.0 Å². The summed E-state index contributed by atoms with van der Waals surface area (Å²) in [4.78, 5) is 7.18. The van der Waals surface area contributed by atoms with Gasteiger partial charge in [0, 0.05) is 13.1 Å². The third-order valence-electron chi connectivity index (χ3n) is 4.70. The van der Waals surface area contributed by atoms with Crippen molar-refractivity contribution in [3.63, 3.8) is 0 Å². The Balaban J connectivity index is 2.01. The van der Waals surface area contributed by atoms with Crippen molar-refractivity contribution in [2.45, 2.75) is 20.0 Å². The number of rotatable bonds is 5. The Labute approximate surface area is 156 Å². The Morgan fingerprint density at radius 3 is 2.65 bits per heavy atom. The van der Waals surface area contributed by atoms with Crippen LogP contribution in [0.1, 0.15) is 31.2 Å². The van der Waals surface area contributed by atoms with Crippen molar-refractivity contribution in [1.29, 1.82) is 0 Å². The van der Waals surface area contributed by atoms with Crippen molar-refractivity contribution >= 4 is 11.4 Å². The third kappa shape index (κ3) is 4.41. The van der Waals surface area contributed by atoms with Gasteiger partial charge in [0.1, 0.15) is 11.9 Å². The molecule has 5 nitrogen and oxygen atoms in total. The van der Waals surface area contributed by atoms with Gasteiger partial charge in [-0.2, -0.15) is 0 Å². The maximum absolute atomic E-state index is 5.90. The van der Waals surface area contributed by atoms with Gasteiger partial charge in [0.25, 0.3) is 0 Å². The number of pyridine rings is 1. The SMILES string of the molecule is C=C/C=C(C)\C(=C/C)c1cc([C@H]2COCCO2)nc(N2CCOCC2)c1. The lowest BCUT2D eigenvalue weighted by Crippen LogP contribution is -2.37. The number of anilines is 1. The van der Waals surface area contributed by atoms with E-state index in [9.17, 15) is 0 Å². The van der Waals surface area contributed by atoms with Gasteiger partial charge < -0.3 is 19.1 Å². The van der Waals surface area contributed by atoms with Gasteiger partial charge in [-0.05, 0) is 42.7 Å². The summed E-state index contributed by atoms with van der Waals surface area (Å²) in [5.41, 5.74) is 4.42. The molecule has 1 atom stereocenters. The smallest absolute Gasteiger partial charge is 0.129 e. The van der Waals surface area contributed by atoms with Crippen LogP contribution in [0.2, 0.25) is 0 Å². The van der Waals surface area contributed by atoms with Crippen LogP contribution >= 0.6 is 0 Å². The molecular weight excluding hydrogens is 328 g/mol. The first-order valence-corrected chi connectivity index (χ1v) is 9.23. The monoisotopic (exact) mass is 356 g/mol. The minimum absolute atomic E-state index is 0.120. The van der Waals surface area contributed by atoms with Crippen LogP contribution in [0.15, 0.2) is 42.5 Å². The van der Waals surface area contributed by atoms with Crippen LogP contribution in [0, 0.1) is 0 Å². The summed E-state index contributed by atoms with van der Waals surface area (Å²) in [6.45, 7) is 12.9. The highest BCUT2D eigenvalue weighted by Crippen LogP contribution is 2.30. The van der Waals surface area contributed by atoms with Gasteiger partial charge in [0.15, 0.2) is 0 Å². The van der Waals surface area contributed by atoms with Gasteiger partial charge in [-0.25, -0.2) is 4.98 Å². The molecular formula is C21H28N2O3. The summed E-state index contributed by atoms with van der Waals surface area (Å²) in [5, 5.41) is 0. The van der Waals surface area contributed by atoms with Crippen molar-refractivity contribution in [3.05, 3.63) is 53.8 Å². The average molecular weight is 356 g/mol. The molecule has 0 saturated carbocycles. The van der Waals surface area contributed by atoms with Gasteiger partial charge in [0.2, 0.25) is 0 Å². The Hall–Kier alpha value is -1.95. The standard InChI is InChI=1S/C21H28N2O3/c1-4-6-16(3)18(5-2)17-13-19(20-15-25-11-12-26-20)22-21(14-17)23-7-9-24-10-8-23/h4-6,13-14,20H,1,7-12,15H2,2-3H3/b16-6-,18-5+/t20-/m1/s1. The minimum atomic E-state index is -0.120. The Bertz CT molecular complexity index is 648. The molecule has 2 aliphatic heterocycles. The van der Waals surface area contributed by atoms with Gasteiger partial charge in [-0.3, -0.25) is 0 Å². The van der Waals surface area contributed by atoms with Crippen LogP contribution < -0.4 is 4.90 Å². The lowest BCUT2D eigenvalue weighted by Gasteiger charge is -2.30. The highest BCUT2D eigenvalue weighted by molar-refractivity contribution is 5.80. The van der Waals surface area contributed by atoms with E-state index in [0.29, 0.717) is 19.8 Å². The first-order chi connectivity index (χ1) is 12.7. The topological polar surface area (TPSA) is 43.8 Å². The Kier molecular flexibility index (Phi) is 6.61. The number of aromatic nitrogens is 1. The molecule has 0 aliphatic carbocycles. The van der Waals surface area contributed by atoms with Gasteiger partial charge >= 0.3 is 0 Å². The highest BCUT2D eigenvalue weighted by atomic mass is 16.6. The van der Waals surface area contributed by atoms with Crippen LogP contribution in [0.3, 0.4) is 0 Å². The van der Waals surface area contributed by atoms with Gasteiger partial charge in [-0.1, -0.05) is 24.8 Å². The molecule has 0 amide bonds. The largest absolute Gasteiger partial charge is 0.378 e. The fraction of sp³-hybridized carbons (Fsp3) is 0.476. The molecule has 0 radical (unpaired) electrons. The average Bonchev–Trinajstić information content (AvgIpc) is 2.70. The summed E-state index contributed by atoms with van der Waals surface area (Å²) in [6.07, 6.45) is 5.87. The number of morpholine rings is 1. The molecule has 2 saturated heterocycles. The Morgan fingerprint density at radius 2 is 2.00 bits per heavy atom. The zero-order chi connectivity index (χ0) is 18.4. The normalized spacial score (nSPS) is 22.4. The quantitative estimate of drug-likeness (QED) is 0.755. The predicted octanol–water partition coefficient (Wildman–Crippen LogP) is 3.54. The number of nitrogens with zero attached hydrogens (tertiary/aromatic N) is 2. The molecule has 26 heavy (non-hydrogen) atoms. The fourth-order valence-corrected chi connectivity index (χ4v) is 3.36. The molecule has 0 N–H and O–H groups in total. The molecule has 1 aromatic rings. The minimum Gasteiger partial charge on any atom is -0.378 e. The molecule has 0 unspecified atom stereocenters. The summed E-state index contributed by atoms with van der Waals surface area (Å²) in [7, 11) is 0. The third-order valence-corrected chi connectivity index (χ3v) is 4.70. The molecule has 5 heteroatoms. The van der Waals surface area contributed by atoms with E-state index >= 15 is 0 Å². The van der Waals surface area contributed by atoms with E-state index in [0.717, 1.165) is 43.4 Å². The van der Waals surface area contributed by atoms with Crippen molar-refractivity contribution in [3.8, 4) is 0 Å². The lowest BCUT2D eigenvalue weighted by molar-refractivity contribution is -0.0917. The van der Waals surface area contributed by atoms with E-state index in [1.807, 2.05) is 12.2 Å². The van der Waals surface area contributed by atoms with Gasteiger partial charge in [-0.15, -0.1) is 0 Å². The molecule has 140 valence electrons. The second-order valence-electron chi connectivity index (χ2n) is 6.46. The first kappa shape index (κ1) is 18.8. The molecule has 0 bridgehead atoms. The van der Waals surface area contributed by atoms with Crippen molar-refractivity contribution in [2.24, 2.45) is 0 Å². The van der Waals surface area contributed by atoms with E-state index in [-0.39, 0.29) is 6.10 Å². The summed E-state index contributed by atoms with van der Waals surface area (Å²) in [6, 6.07) is 4.29. The lowest BCUT2D eigenvalue weighted by atomic mass is 9.97. The number of allylic oxidation sites excluding steroid dienone is 5. The van der Waals surface area contributed by atoms with E-state index < -0.39 is 0 Å². The van der Waals surface area contributed by atoms with Crippen LogP contribution in [-0.2, 0) is 14.2 Å². The second kappa shape index (κ2) is 9.12. The van der Waals surface area contributed by atoms with E-state index in [1.165, 1.54) is 11.1 Å². The molecule has 2 aliphatic rings. The molecule has 3 rings (SSSR count).